The van der Waals surface area contributed by atoms with E-state index in [0.29, 0.717) is 27.6 Å². The number of nitrogens with one attached hydrogen (secondary N) is 4. The van der Waals surface area contributed by atoms with Gasteiger partial charge in [0, 0.05) is 21.3 Å². The van der Waals surface area contributed by atoms with Crippen LogP contribution in [0.3, 0.4) is 0 Å². The molecule has 0 saturated heterocycles. The van der Waals surface area contributed by atoms with Gasteiger partial charge in [0.2, 0.25) is 0 Å². The third-order valence-corrected chi connectivity index (χ3v) is 6.21. The molecule has 4 N–H and O–H groups in total. The molecule has 198 valence electrons. The lowest BCUT2D eigenvalue weighted by Crippen LogP contribution is -2.49. The normalized spacial score (nSPS) is 10.8. The molecule has 0 heterocycles. The third-order valence-electron chi connectivity index (χ3n) is 5.21. The van der Waals surface area contributed by atoms with Crippen molar-refractivity contribution in [3.63, 3.8) is 0 Å². The second-order valence-electron chi connectivity index (χ2n) is 9.18. The number of benzene rings is 3. The van der Waals surface area contributed by atoms with Crippen molar-refractivity contribution in [1.82, 2.24) is 16.2 Å². The van der Waals surface area contributed by atoms with Crippen LogP contribution in [0.4, 0.5) is 5.69 Å². The summed E-state index contributed by atoms with van der Waals surface area (Å²) in [7, 11) is 0. The number of anilines is 1. The van der Waals surface area contributed by atoms with E-state index in [9.17, 15) is 14.4 Å². The minimum Gasteiger partial charge on any atom is -0.482 e. The van der Waals surface area contributed by atoms with Crippen molar-refractivity contribution in [2.45, 2.75) is 26.2 Å². The van der Waals surface area contributed by atoms with Crippen molar-refractivity contribution in [3.05, 3.63) is 92.9 Å². The Morgan fingerprint density at radius 3 is 2.11 bits per heavy atom. The maximum absolute atomic E-state index is 12.6. The number of hydrogen-bond acceptors (Lipinski definition) is 5. The van der Waals surface area contributed by atoms with E-state index in [-0.39, 0.29) is 23.0 Å². The molecule has 3 aromatic carbocycles. The summed E-state index contributed by atoms with van der Waals surface area (Å²) < 4.78 is 6.14. The number of hydrogen-bond donors (Lipinski definition) is 4. The highest BCUT2D eigenvalue weighted by Crippen LogP contribution is 2.27. The van der Waals surface area contributed by atoms with E-state index in [1.807, 2.05) is 12.1 Å². The SMILES string of the molecule is CC(C)(C)c1ccc(C(=O)Nc2ccc(C(=O)NNC(=S)NC(=O)COc3ccc(Br)cc3Cl)cc2)cc1. The van der Waals surface area contributed by atoms with E-state index >= 15 is 0 Å². The Balaban J connectivity index is 1.44. The van der Waals surface area contributed by atoms with Crippen LogP contribution < -0.4 is 26.2 Å². The van der Waals surface area contributed by atoms with Crippen molar-refractivity contribution in [2.75, 3.05) is 11.9 Å². The van der Waals surface area contributed by atoms with E-state index in [0.717, 1.165) is 10.0 Å². The number of amides is 3. The first-order valence-corrected chi connectivity index (χ1v) is 13.0. The second kappa shape index (κ2) is 12.9. The van der Waals surface area contributed by atoms with Crippen LogP contribution in [0.5, 0.6) is 5.75 Å². The molecule has 0 spiro atoms. The maximum atomic E-state index is 12.6. The Hall–Kier alpha value is -3.47. The monoisotopic (exact) mass is 616 g/mol. The Bertz CT molecular complexity index is 1340. The molecule has 0 saturated carbocycles. The summed E-state index contributed by atoms with van der Waals surface area (Å²) >= 11 is 14.4. The molecule has 3 amide bonds. The molecule has 0 unspecified atom stereocenters. The van der Waals surface area contributed by atoms with E-state index in [1.54, 1.807) is 54.6 Å². The van der Waals surface area contributed by atoms with Gasteiger partial charge in [0.1, 0.15) is 5.75 Å². The summed E-state index contributed by atoms with van der Waals surface area (Å²) in [6.45, 7) is 6.00. The average molecular weight is 618 g/mol. The predicted molar refractivity (Wildman–Crippen MR) is 156 cm³/mol. The zero-order valence-electron chi connectivity index (χ0n) is 20.9. The second-order valence-corrected chi connectivity index (χ2v) is 10.9. The van der Waals surface area contributed by atoms with Crippen molar-refractivity contribution >= 4 is 68.3 Å². The lowest BCUT2D eigenvalue weighted by atomic mass is 9.87. The smallest absolute Gasteiger partial charge is 0.269 e. The van der Waals surface area contributed by atoms with E-state index in [4.69, 9.17) is 28.6 Å². The molecule has 0 aliphatic heterocycles. The Kier molecular flexibility index (Phi) is 9.84. The fraction of sp³-hybridized carbons (Fsp3) is 0.185. The number of carbonyl (C=O) groups excluding carboxylic acids is 3. The molecule has 0 fully saturated rings. The molecule has 3 rings (SSSR count). The van der Waals surface area contributed by atoms with Crippen LogP contribution in [0.1, 0.15) is 47.1 Å². The number of halogens is 2. The summed E-state index contributed by atoms with van der Waals surface area (Å²) in [4.78, 5) is 37.0. The highest BCUT2D eigenvalue weighted by molar-refractivity contribution is 9.10. The van der Waals surface area contributed by atoms with Gasteiger partial charge in [-0.1, -0.05) is 60.4 Å². The van der Waals surface area contributed by atoms with Crippen LogP contribution in [0.25, 0.3) is 0 Å². The summed E-state index contributed by atoms with van der Waals surface area (Å²) in [6.07, 6.45) is 0. The zero-order valence-corrected chi connectivity index (χ0v) is 24.0. The number of carbonyl (C=O) groups is 3. The molecule has 0 atom stereocenters. The Morgan fingerprint density at radius 2 is 1.50 bits per heavy atom. The lowest BCUT2D eigenvalue weighted by molar-refractivity contribution is -0.121. The van der Waals surface area contributed by atoms with Crippen LogP contribution in [0.2, 0.25) is 5.02 Å². The molecule has 8 nitrogen and oxygen atoms in total. The molecular weight excluding hydrogens is 592 g/mol. The van der Waals surface area contributed by atoms with Gasteiger partial charge in [0.15, 0.2) is 11.7 Å². The quantitative estimate of drug-likeness (QED) is 0.219. The van der Waals surface area contributed by atoms with Crippen LogP contribution in [0.15, 0.2) is 71.2 Å². The molecule has 3 aromatic rings. The fourth-order valence-electron chi connectivity index (χ4n) is 3.15. The van der Waals surface area contributed by atoms with Crippen LogP contribution in [-0.2, 0) is 10.2 Å². The third kappa shape index (κ3) is 8.54. The summed E-state index contributed by atoms with van der Waals surface area (Å²) in [5, 5.41) is 5.43. The molecule has 11 heteroatoms. The lowest BCUT2D eigenvalue weighted by Gasteiger charge is -2.19. The summed E-state index contributed by atoms with van der Waals surface area (Å²) in [5.74, 6) is -0.939. The Morgan fingerprint density at radius 1 is 0.895 bits per heavy atom. The number of rotatable bonds is 6. The molecule has 0 aromatic heterocycles. The van der Waals surface area contributed by atoms with Crippen molar-refractivity contribution in [1.29, 1.82) is 0 Å². The highest BCUT2D eigenvalue weighted by Gasteiger charge is 2.15. The minimum absolute atomic E-state index is 0.000802. The van der Waals surface area contributed by atoms with Gasteiger partial charge in [-0.05, 0) is 77.8 Å². The molecule has 0 aliphatic rings. The molecular formula is C27H26BrClN4O4S. The van der Waals surface area contributed by atoms with E-state index in [2.05, 4.69) is 58.2 Å². The topological polar surface area (TPSA) is 109 Å². The molecule has 0 bridgehead atoms. The van der Waals surface area contributed by atoms with Crippen LogP contribution in [0, 0.1) is 0 Å². The maximum Gasteiger partial charge on any atom is 0.269 e. The van der Waals surface area contributed by atoms with Gasteiger partial charge in [-0.3, -0.25) is 30.6 Å². The Labute approximate surface area is 239 Å². The number of hydrazine groups is 1. The molecule has 0 aliphatic carbocycles. The average Bonchev–Trinajstić information content (AvgIpc) is 2.86. The van der Waals surface area contributed by atoms with Gasteiger partial charge in [-0.2, -0.15) is 0 Å². The van der Waals surface area contributed by atoms with Gasteiger partial charge < -0.3 is 10.1 Å². The first kappa shape index (κ1) is 29.1. The van der Waals surface area contributed by atoms with Gasteiger partial charge >= 0.3 is 0 Å². The predicted octanol–water partition coefficient (Wildman–Crippen LogP) is 5.37. The largest absolute Gasteiger partial charge is 0.482 e. The van der Waals surface area contributed by atoms with Gasteiger partial charge in [0.05, 0.1) is 5.02 Å². The summed E-state index contributed by atoms with van der Waals surface area (Å²) in [6, 6.07) is 18.8. The van der Waals surface area contributed by atoms with E-state index < -0.39 is 11.8 Å². The highest BCUT2D eigenvalue weighted by atomic mass is 79.9. The van der Waals surface area contributed by atoms with Crippen molar-refractivity contribution in [2.24, 2.45) is 0 Å². The van der Waals surface area contributed by atoms with Gasteiger partial charge in [-0.15, -0.1) is 0 Å². The van der Waals surface area contributed by atoms with Gasteiger partial charge in [-0.25, -0.2) is 0 Å². The minimum atomic E-state index is -0.538. The zero-order chi connectivity index (χ0) is 27.9. The fourth-order valence-corrected chi connectivity index (χ4v) is 4.04. The first-order chi connectivity index (χ1) is 17.9. The standard InChI is InChI=1S/C27H26BrClN4O4S/c1-27(2,3)18-8-4-16(5-9-18)24(35)30-20-11-6-17(7-12-20)25(36)32-33-26(38)31-23(34)15-37-22-13-10-19(28)14-21(22)29/h4-14H,15H2,1-3H3,(H,30,35)(H,32,36)(H2,31,33,34,38). The van der Waals surface area contributed by atoms with Crippen LogP contribution in [-0.4, -0.2) is 29.4 Å². The number of thiocarbonyl (C=S) groups is 1. The van der Waals surface area contributed by atoms with Crippen molar-refractivity contribution in [3.8, 4) is 5.75 Å². The van der Waals surface area contributed by atoms with Gasteiger partial charge in [0.25, 0.3) is 17.7 Å². The molecule has 0 radical (unpaired) electrons. The number of ether oxygens (including phenoxy) is 1. The first-order valence-electron chi connectivity index (χ1n) is 11.4. The summed E-state index contributed by atoms with van der Waals surface area (Å²) in [5.41, 5.74) is 7.37. The molecule has 38 heavy (non-hydrogen) atoms. The van der Waals surface area contributed by atoms with Crippen LogP contribution >= 0.6 is 39.7 Å². The van der Waals surface area contributed by atoms with E-state index in [1.165, 1.54) is 0 Å². The van der Waals surface area contributed by atoms with Crippen molar-refractivity contribution < 1.29 is 19.1 Å².